The van der Waals surface area contributed by atoms with Gasteiger partial charge in [-0.05, 0) is 26.0 Å². The third kappa shape index (κ3) is 3.20. The van der Waals surface area contributed by atoms with Gasteiger partial charge in [-0.15, -0.1) is 0 Å². The Hall–Kier alpha value is -2.10. The molecule has 0 atom stereocenters. The van der Waals surface area contributed by atoms with Crippen molar-refractivity contribution in [2.24, 2.45) is 0 Å². The van der Waals surface area contributed by atoms with Gasteiger partial charge in [0.05, 0.1) is 6.20 Å². The second kappa shape index (κ2) is 5.49. The van der Waals surface area contributed by atoms with Crippen molar-refractivity contribution in [2.45, 2.75) is 20.3 Å². The lowest BCUT2D eigenvalue weighted by Gasteiger charge is -2.03. The van der Waals surface area contributed by atoms with E-state index in [0.29, 0.717) is 24.4 Å². The number of aromatic nitrogens is 1. The molecule has 0 aliphatic rings. The molecular formula is C14H16N2O2. The molecule has 0 aliphatic heterocycles. The predicted molar refractivity (Wildman–Crippen MR) is 68.5 cm³/mol. The van der Waals surface area contributed by atoms with E-state index in [0.717, 1.165) is 11.3 Å². The quantitative estimate of drug-likeness (QED) is 0.897. The van der Waals surface area contributed by atoms with E-state index in [1.165, 1.54) is 0 Å². The van der Waals surface area contributed by atoms with Gasteiger partial charge in [0, 0.05) is 18.5 Å². The van der Waals surface area contributed by atoms with Crippen LogP contribution >= 0.6 is 0 Å². The molecule has 0 unspecified atom stereocenters. The molecule has 1 N–H and O–H groups in total. The maximum absolute atomic E-state index is 11.8. The van der Waals surface area contributed by atoms with Crippen LogP contribution in [0.4, 0.5) is 0 Å². The van der Waals surface area contributed by atoms with Crippen LogP contribution in [0.3, 0.4) is 0 Å². The summed E-state index contributed by atoms with van der Waals surface area (Å²) < 4.78 is 5.32. The molecule has 0 aliphatic carbocycles. The van der Waals surface area contributed by atoms with Crippen molar-refractivity contribution in [1.82, 2.24) is 10.3 Å². The summed E-state index contributed by atoms with van der Waals surface area (Å²) in [4.78, 5) is 15.9. The second-order valence-electron chi connectivity index (χ2n) is 4.24. The summed E-state index contributed by atoms with van der Waals surface area (Å²) in [6, 6.07) is 7.48. The Morgan fingerprint density at radius 1 is 1.28 bits per heavy atom. The van der Waals surface area contributed by atoms with Crippen LogP contribution < -0.4 is 5.32 Å². The highest BCUT2D eigenvalue weighted by molar-refractivity contribution is 5.94. The smallest absolute Gasteiger partial charge is 0.251 e. The molecule has 0 fully saturated rings. The highest BCUT2D eigenvalue weighted by atomic mass is 16.4. The van der Waals surface area contributed by atoms with Crippen molar-refractivity contribution in [1.29, 1.82) is 0 Å². The Kier molecular flexibility index (Phi) is 3.77. The van der Waals surface area contributed by atoms with Crippen molar-refractivity contribution in [3.8, 4) is 0 Å². The first-order valence-electron chi connectivity index (χ1n) is 5.91. The van der Waals surface area contributed by atoms with E-state index < -0.39 is 0 Å². The largest absolute Gasteiger partial charge is 0.446 e. The van der Waals surface area contributed by atoms with Crippen LogP contribution in [0.15, 0.2) is 34.9 Å². The topological polar surface area (TPSA) is 55.1 Å². The molecule has 0 saturated carbocycles. The summed E-state index contributed by atoms with van der Waals surface area (Å²) in [5.41, 5.74) is 1.81. The van der Waals surface area contributed by atoms with Crippen LogP contribution in [0.25, 0.3) is 0 Å². The van der Waals surface area contributed by atoms with Crippen molar-refractivity contribution in [3.63, 3.8) is 0 Å². The van der Waals surface area contributed by atoms with E-state index >= 15 is 0 Å². The maximum Gasteiger partial charge on any atom is 0.251 e. The molecule has 0 radical (unpaired) electrons. The van der Waals surface area contributed by atoms with E-state index in [9.17, 15) is 4.79 Å². The van der Waals surface area contributed by atoms with Crippen molar-refractivity contribution in [3.05, 3.63) is 53.2 Å². The lowest BCUT2D eigenvalue weighted by molar-refractivity contribution is 0.0953. The van der Waals surface area contributed by atoms with Gasteiger partial charge in [0.1, 0.15) is 5.76 Å². The zero-order chi connectivity index (χ0) is 13.0. The molecule has 4 nitrogen and oxygen atoms in total. The van der Waals surface area contributed by atoms with Gasteiger partial charge in [0.2, 0.25) is 0 Å². The van der Waals surface area contributed by atoms with Gasteiger partial charge in [-0.3, -0.25) is 4.79 Å². The Morgan fingerprint density at radius 2 is 2.00 bits per heavy atom. The first kappa shape index (κ1) is 12.4. The number of benzene rings is 1. The molecule has 0 bridgehead atoms. The van der Waals surface area contributed by atoms with Crippen LogP contribution in [0, 0.1) is 13.8 Å². The van der Waals surface area contributed by atoms with Crippen molar-refractivity contribution in [2.75, 3.05) is 6.54 Å². The Balaban J connectivity index is 1.83. The van der Waals surface area contributed by atoms with Crippen molar-refractivity contribution < 1.29 is 9.21 Å². The molecule has 1 aromatic carbocycles. The van der Waals surface area contributed by atoms with Crippen LogP contribution in [-0.2, 0) is 6.42 Å². The highest BCUT2D eigenvalue weighted by Crippen LogP contribution is 2.04. The monoisotopic (exact) mass is 244 g/mol. The zero-order valence-corrected chi connectivity index (χ0v) is 10.6. The number of carbonyl (C=O) groups excluding carboxylic acids is 1. The third-order valence-corrected chi connectivity index (χ3v) is 2.61. The first-order valence-corrected chi connectivity index (χ1v) is 5.91. The van der Waals surface area contributed by atoms with Gasteiger partial charge in [-0.1, -0.05) is 17.7 Å². The molecule has 1 amide bonds. The maximum atomic E-state index is 11.8. The van der Waals surface area contributed by atoms with Gasteiger partial charge < -0.3 is 9.73 Å². The van der Waals surface area contributed by atoms with Crippen molar-refractivity contribution >= 4 is 5.91 Å². The summed E-state index contributed by atoms with van der Waals surface area (Å²) in [6.07, 6.45) is 2.28. The van der Waals surface area contributed by atoms with Crippen LogP contribution in [0.5, 0.6) is 0 Å². The van der Waals surface area contributed by atoms with Crippen LogP contribution in [0.1, 0.15) is 27.6 Å². The molecule has 18 heavy (non-hydrogen) atoms. The van der Waals surface area contributed by atoms with Gasteiger partial charge in [-0.25, -0.2) is 4.98 Å². The number of nitrogens with zero attached hydrogens (tertiary/aromatic N) is 1. The number of rotatable bonds is 4. The normalized spacial score (nSPS) is 10.3. The lowest BCUT2D eigenvalue weighted by atomic mass is 10.1. The predicted octanol–water partition coefficient (Wildman–Crippen LogP) is 2.26. The molecule has 0 spiro atoms. The van der Waals surface area contributed by atoms with E-state index in [1.807, 2.05) is 38.1 Å². The fourth-order valence-corrected chi connectivity index (χ4v) is 1.61. The Bertz CT molecular complexity index is 529. The van der Waals surface area contributed by atoms with Gasteiger partial charge in [0.15, 0.2) is 5.89 Å². The lowest BCUT2D eigenvalue weighted by Crippen LogP contribution is -2.25. The summed E-state index contributed by atoms with van der Waals surface area (Å²) in [5, 5.41) is 2.84. The number of nitrogens with one attached hydrogen (secondary N) is 1. The fourth-order valence-electron chi connectivity index (χ4n) is 1.61. The molecule has 2 aromatic rings. The SMILES string of the molecule is Cc1ccc(C(=O)NCCc2ncc(C)o2)cc1. The van der Waals surface area contributed by atoms with Crippen LogP contribution in [-0.4, -0.2) is 17.4 Å². The number of carbonyl (C=O) groups is 1. The average molecular weight is 244 g/mol. The third-order valence-electron chi connectivity index (χ3n) is 2.61. The molecule has 4 heteroatoms. The second-order valence-corrected chi connectivity index (χ2v) is 4.24. The molecular weight excluding hydrogens is 228 g/mol. The summed E-state index contributed by atoms with van der Waals surface area (Å²) in [6.45, 7) is 4.36. The number of amides is 1. The van der Waals surface area contributed by atoms with Gasteiger partial charge >= 0.3 is 0 Å². The zero-order valence-electron chi connectivity index (χ0n) is 10.6. The first-order chi connectivity index (χ1) is 8.65. The van der Waals surface area contributed by atoms with E-state index in [-0.39, 0.29) is 5.91 Å². The molecule has 1 heterocycles. The summed E-state index contributed by atoms with van der Waals surface area (Å²) in [7, 11) is 0. The highest BCUT2D eigenvalue weighted by Gasteiger charge is 2.05. The standard InChI is InChI=1S/C14H16N2O2/c1-10-3-5-12(6-4-10)14(17)15-8-7-13-16-9-11(2)18-13/h3-6,9H,7-8H2,1-2H3,(H,15,17). The molecule has 94 valence electrons. The number of hydrogen-bond acceptors (Lipinski definition) is 3. The van der Waals surface area contributed by atoms with E-state index in [2.05, 4.69) is 10.3 Å². The Morgan fingerprint density at radius 3 is 2.61 bits per heavy atom. The number of hydrogen-bond donors (Lipinski definition) is 1. The summed E-state index contributed by atoms with van der Waals surface area (Å²) >= 11 is 0. The number of aryl methyl sites for hydroxylation is 2. The molecule has 2 rings (SSSR count). The minimum atomic E-state index is -0.0710. The fraction of sp³-hybridized carbons (Fsp3) is 0.286. The van der Waals surface area contributed by atoms with Crippen LogP contribution in [0.2, 0.25) is 0 Å². The van der Waals surface area contributed by atoms with Gasteiger partial charge in [-0.2, -0.15) is 0 Å². The number of oxazole rings is 1. The van der Waals surface area contributed by atoms with Gasteiger partial charge in [0.25, 0.3) is 5.91 Å². The van der Waals surface area contributed by atoms with E-state index in [4.69, 9.17) is 4.42 Å². The molecule has 0 saturated heterocycles. The average Bonchev–Trinajstić information content (AvgIpc) is 2.76. The van der Waals surface area contributed by atoms with E-state index in [1.54, 1.807) is 6.20 Å². The minimum Gasteiger partial charge on any atom is -0.446 e. The molecule has 1 aromatic heterocycles. The Labute approximate surface area is 106 Å². The summed E-state index contributed by atoms with van der Waals surface area (Å²) in [5.74, 6) is 1.37. The minimum absolute atomic E-state index is 0.0710.